The van der Waals surface area contributed by atoms with Crippen LogP contribution in [0.25, 0.3) is 0 Å². The number of hydrogen-bond donors (Lipinski definition) is 0. The van der Waals surface area contributed by atoms with Crippen molar-refractivity contribution in [2.45, 2.75) is 27.7 Å². The van der Waals surface area contributed by atoms with E-state index in [1.165, 1.54) is 0 Å². The molecule has 0 atom stereocenters. The molecule has 0 bridgehead atoms. The van der Waals surface area contributed by atoms with Crippen molar-refractivity contribution in [3.05, 3.63) is 0 Å². The quantitative estimate of drug-likeness (QED) is 0.555. The van der Waals surface area contributed by atoms with Crippen LogP contribution in [0.4, 0.5) is 0 Å². The van der Waals surface area contributed by atoms with Gasteiger partial charge >= 0.3 is 0 Å². The average Bonchev–Trinajstić information content (AvgIpc) is 2.05. The molecule has 0 radical (unpaired) electrons. The Bertz CT molecular complexity index is 99.0. The van der Waals surface area contributed by atoms with Crippen LogP contribution in [0.15, 0.2) is 0 Å². The topological polar surface area (TPSA) is 0 Å². The molecule has 1 aliphatic rings. The monoisotopic (exact) mass is 240 g/mol. The molecule has 0 saturated carbocycles. The second kappa shape index (κ2) is 5.56. The number of hydrogen-bond acceptors (Lipinski definition) is 0. The smallest absolute Gasteiger partial charge is 0.0270 e. The highest BCUT2D eigenvalue weighted by molar-refractivity contribution is 9.08. The second-order valence-corrected chi connectivity index (χ2v) is 23.6. The molecule has 12 heavy (non-hydrogen) atoms. The zero-order valence-corrected chi connectivity index (χ0v) is 12.2. The Morgan fingerprint density at radius 3 is 0.750 bits per heavy atom. The molecule has 0 amide bonds. The Hall–Kier alpha value is 1.72. The van der Waals surface area contributed by atoms with Gasteiger partial charge in [-0.05, 0) is 53.8 Å². The van der Waals surface area contributed by atoms with Crippen LogP contribution in [0.2, 0.25) is 0 Å². The SMILES string of the molecule is CCP1P(CC)P(CC)P1CC. The highest BCUT2D eigenvalue weighted by Gasteiger charge is 2.44. The molecule has 0 N–H and O–H groups in total. The Balaban J connectivity index is 2.52. The highest BCUT2D eigenvalue weighted by atomic mass is 33.0. The van der Waals surface area contributed by atoms with Gasteiger partial charge in [0, 0.05) is 0 Å². The summed E-state index contributed by atoms with van der Waals surface area (Å²) in [6, 6.07) is 0. The summed E-state index contributed by atoms with van der Waals surface area (Å²) in [6.45, 7) is 9.74. The lowest BCUT2D eigenvalue weighted by atomic mass is 11.0. The first-order valence-electron chi connectivity index (χ1n) is 4.89. The van der Waals surface area contributed by atoms with Gasteiger partial charge in [0.15, 0.2) is 0 Å². The third-order valence-corrected chi connectivity index (χ3v) is 40.4. The maximum absolute atomic E-state index is 2.43. The minimum absolute atomic E-state index is 0.591. The largest absolute Gasteiger partial charge is 0.0607 e. The molecule has 0 unspecified atom stereocenters. The fourth-order valence-electron chi connectivity index (χ4n) is 1.75. The van der Waals surface area contributed by atoms with Gasteiger partial charge in [0.1, 0.15) is 0 Å². The summed E-state index contributed by atoms with van der Waals surface area (Å²) in [6.07, 6.45) is 6.20. The van der Waals surface area contributed by atoms with E-state index in [2.05, 4.69) is 27.7 Å². The normalized spacial score (nSPS) is 41.0. The molecule has 0 aromatic heterocycles. The molecular weight excluding hydrogens is 220 g/mol. The average molecular weight is 240 g/mol. The van der Waals surface area contributed by atoms with E-state index in [-0.39, 0.29) is 0 Å². The zero-order chi connectivity index (χ0) is 9.14. The van der Waals surface area contributed by atoms with E-state index < -0.39 is 0 Å². The van der Waals surface area contributed by atoms with Crippen molar-refractivity contribution < 1.29 is 0 Å². The predicted molar refractivity (Wildman–Crippen MR) is 69.8 cm³/mol. The van der Waals surface area contributed by atoms with Crippen LogP contribution < -0.4 is 0 Å². The Kier molecular flexibility index (Phi) is 5.47. The first kappa shape index (κ1) is 11.8. The first-order chi connectivity index (χ1) is 5.79. The van der Waals surface area contributed by atoms with Gasteiger partial charge in [0.25, 0.3) is 0 Å². The van der Waals surface area contributed by atoms with Gasteiger partial charge in [0.2, 0.25) is 0 Å². The summed E-state index contributed by atoms with van der Waals surface area (Å²) in [4.78, 5) is 0. The van der Waals surface area contributed by atoms with Gasteiger partial charge in [0.05, 0.1) is 0 Å². The first-order valence-corrected chi connectivity index (χ1v) is 13.8. The lowest BCUT2D eigenvalue weighted by Crippen LogP contribution is -1.94. The van der Waals surface area contributed by atoms with Crippen LogP contribution in [0.5, 0.6) is 0 Å². The maximum Gasteiger partial charge on any atom is -0.0270 e. The van der Waals surface area contributed by atoms with E-state index in [1.807, 2.05) is 0 Å². The molecule has 0 aromatic rings. The minimum atomic E-state index is 0.591. The van der Waals surface area contributed by atoms with Crippen LogP contribution in [0, 0.1) is 0 Å². The van der Waals surface area contributed by atoms with E-state index in [0.29, 0.717) is 29.2 Å². The fraction of sp³-hybridized carbons (Fsp3) is 1.00. The third-order valence-electron chi connectivity index (χ3n) is 2.20. The van der Waals surface area contributed by atoms with Gasteiger partial charge in [-0.2, -0.15) is 0 Å². The summed E-state index contributed by atoms with van der Waals surface area (Å²) in [7, 11) is 2.36. The lowest BCUT2D eigenvalue weighted by Gasteiger charge is -2.52. The molecule has 1 saturated heterocycles. The van der Waals surface area contributed by atoms with Crippen molar-refractivity contribution in [2.75, 3.05) is 24.6 Å². The van der Waals surface area contributed by atoms with E-state index in [4.69, 9.17) is 0 Å². The molecular formula is C8H20P4. The standard InChI is InChI=1S/C8H20P4/c1-5-9-10(6-2)12(8-4)11(9)7-3/h5-8H2,1-4H3. The summed E-state index contributed by atoms with van der Waals surface area (Å²) in [5.41, 5.74) is 0. The predicted octanol–water partition coefficient (Wildman–Crippen LogP) is 5.67. The minimum Gasteiger partial charge on any atom is -0.0607 e. The molecule has 72 valence electrons. The van der Waals surface area contributed by atoms with Crippen LogP contribution >= 0.6 is 29.2 Å². The van der Waals surface area contributed by atoms with Gasteiger partial charge in [-0.25, -0.2) is 0 Å². The van der Waals surface area contributed by atoms with Crippen molar-refractivity contribution in [1.82, 2.24) is 0 Å². The van der Waals surface area contributed by atoms with E-state index >= 15 is 0 Å². The molecule has 1 rings (SSSR count). The van der Waals surface area contributed by atoms with Crippen molar-refractivity contribution in [3.8, 4) is 0 Å². The van der Waals surface area contributed by atoms with E-state index in [1.54, 1.807) is 24.6 Å². The third kappa shape index (κ3) is 2.04. The van der Waals surface area contributed by atoms with Gasteiger partial charge < -0.3 is 0 Å². The van der Waals surface area contributed by atoms with Gasteiger partial charge in [-0.1, -0.05) is 27.7 Å². The van der Waals surface area contributed by atoms with Crippen LogP contribution in [0.1, 0.15) is 27.7 Å². The lowest BCUT2D eigenvalue weighted by molar-refractivity contribution is 1.48. The highest BCUT2D eigenvalue weighted by Crippen LogP contribution is 3.19. The molecule has 1 fully saturated rings. The molecule has 1 heterocycles. The summed E-state index contributed by atoms with van der Waals surface area (Å²) < 4.78 is 0. The van der Waals surface area contributed by atoms with Crippen molar-refractivity contribution in [3.63, 3.8) is 0 Å². The molecule has 4 heteroatoms. The van der Waals surface area contributed by atoms with E-state index in [0.717, 1.165) is 0 Å². The van der Waals surface area contributed by atoms with Crippen molar-refractivity contribution in [2.24, 2.45) is 0 Å². The Labute approximate surface area is 81.9 Å². The molecule has 0 nitrogen and oxygen atoms in total. The summed E-state index contributed by atoms with van der Waals surface area (Å²) in [5, 5.41) is 0. The molecule has 0 aromatic carbocycles. The molecule has 0 spiro atoms. The van der Waals surface area contributed by atoms with Gasteiger partial charge in [-0.3, -0.25) is 0 Å². The maximum atomic E-state index is 2.43. The van der Waals surface area contributed by atoms with E-state index in [9.17, 15) is 0 Å². The fourth-order valence-corrected chi connectivity index (χ4v) is 47.3. The van der Waals surface area contributed by atoms with Crippen LogP contribution in [-0.2, 0) is 0 Å². The van der Waals surface area contributed by atoms with Gasteiger partial charge in [-0.15, -0.1) is 0 Å². The van der Waals surface area contributed by atoms with Crippen molar-refractivity contribution >= 4 is 29.2 Å². The van der Waals surface area contributed by atoms with Crippen molar-refractivity contribution in [1.29, 1.82) is 0 Å². The zero-order valence-electron chi connectivity index (χ0n) is 8.62. The Morgan fingerprint density at radius 1 is 0.500 bits per heavy atom. The van der Waals surface area contributed by atoms with Crippen LogP contribution in [0.3, 0.4) is 0 Å². The summed E-state index contributed by atoms with van der Waals surface area (Å²) >= 11 is 0. The second-order valence-electron chi connectivity index (χ2n) is 2.75. The summed E-state index contributed by atoms with van der Waals surface area (Å²) in [5.74, 6) is 0. The molecule has 1 aliphatic heterocycles. The Morgan fingerprint density at radius 2 is 0.667 bits per heavy atom. The van der Waals surface area contributed by atoms with Crippen LogP contribution in [-0.4, -0.2) is 24.6 Å². The molecule has 0 aliphatic carbocycles. The number of rotatable bonds is 4.